The summed E-state index contributed by atoms with van der Waals surface area (Å²) in [6.07, 6.45) is 4.11. The number of anilines is 1. The van der Waals surface area contributed by atoms with Crippen LogP contribution in [0.25, 0.3) is 11.1 Å². The predicted octanol–water partition coefficient (Wildman–Crippen LogP) is 2.71. The van der Waals surface area contributed by atoms with E-state index in [1.807, 2.05) is 0 Å². The second-order valence-electron chi connectivity index (χ2n) is 6.84. The van der Waals surface area contributed by atoms with E-state index >= 15 is 0 Å². The van der Waals surface area contributed by atoms with Gasteiger partial charge in [-0.1, -0.05) is 6.07 Å². The Morgan fingerprint density at radius 3 is 2.88 bits per heavy atom. The molecule has 0 atom stereocenters. The lowest BCUT2D eigenvalue weighted by Gasteiger charge is -2.42. The summed E-state index contributed by atoms with van der Waals surface area (Å²) in [5, 5.41) is 12.3. The largest absolute Gasteiger partial charge is 0.480 e. The zero-order valence-electron chi connectivity index (χ0n) is 13.2. The number of aromatic nitrogens is 1. The summed E-state index contributed by atoms with van der Waals surface area (Å²) in [4.78, 5) is 17.3. The van der Waals surface area contributed by atoms with Crippen molar-refractivity contribution in [2.45, 2.75) is 37.8 Å². The van der Waals surface area contributed by atoms with Gasteiger partial charge in [0.2, 0.25) is 0 Å². The molecule has 0 radical (unpaired) electrons. The second kappa shape index (κ2) is 6.05. The average molecular weight is 333 g/mol. The van der Waals surface area contributed by atoms with Crippen LogP contribution < -0.4 is 5.32 Å². The Bertz CT molecular complexity index is 753. The molecule has 2 aliphatic carbocycles. The number of para-hydroxylation sites is 1. The quantitative estimate of drug-likeness (QED) is 0.811. The lowest BCUT2D eigenvalue weighted by atomic mass is 9.85. The van der Waals surface area contributed by atoms with Crippen molar-refractivity contribution in [3.05, 3.63) is 24.0 Å². The molecule has 6 nitrogen and oxygen atoms in total. The smallest absolute Gasteiger partial charge is 0.317 e. The second-order valence-corrected chi connectivity index (χ2v) is 6.84. The Kier molecular flexibility index (Phi) is 3.88. The molecule has 2 saturated carbocycles. The van der Waals surface area contributed by atoms with Crippen LogP contribution in [0.5, 0.6) is 0 Å². The minimum atomic E-state index is -0.776. The summed E-state index contributed by atoms with van der Waals surface area (Å²) in [7, 11) is 0. The third-order valence-electron chi connectivity index (χ3n) is 4.85. The van der Waals surface area contributed by atoms with E-state index in [0.29, 0.717) is 17.5 Å². The molecule has 4 rings (SSSR count). The van der Waals surface area contributed by atoms with Gasteiger partial charge in [0.1, 0.15) is 5.52 Å². The number of carbonyl (C=O) groups is 1. The molecular weight excluding hydrogens is 313 g/mol. The number of hydrogen-bond acceptors (Lipinski definition) is 5. The number of benzene rings is 1. The minimum absolute atomic E-state index is 0.0992. The van der Waals surface area contributed by atoms with Crippen LogP contribution >= 0.6 is 0 Å². The van der Waals surface area contributed by atoms with Gasteiger partial charge in [0.05, 0.1) is 6.54 Å². The van der Waals surface area contributed by atoms with Crippen LogP contribution in [0.4, 0.5) is 10.4 Å². The van der Waals surface area contributed by atoms with Crippen molar-refractivity contribution in [1.29, 1.82) is 0 Å². The molecule has 2 aliphatic rings. The molecule has 0 bridgehead atoms. The van der Waals surface area contributed by atoms with Gasteiger partial charge in [-0.15, -0.1) is 0 Å². The molecule has 0 aliphatic heterocycles. The van der Waals surface area contributed by atoms with E-state index in [4.69, 9.17) is 9.52 Å². The standard InChI is InChI=1S/C17H20FN3O3/c18-13-2-1-3-14-16(13)20-17(24-14)19-11-6-12(7-11)21(9-15(22)23)8-10-4-5-10/h1-3,10-12H,4-9H2,(H,19,20)(H,22,23). The van der Waals surface area contributed by atoms with Crippen molar-refractivity contribution in [3.63, 3.8) is 0 Å². The molecule has 2 N–H and O–H groups in total. The molecule has 7 heteroatoms. The summed E-state index contributed by atoms with van der Waals surface area (Å²) >= 11 is 0. The van der Waals surface area contributed by atoms with Gasteiger partial charge in [0, 0.05) is 18.6 Å². The van der Waals surface area contributed by atoms with Crippen LogP contribution in [0, 0.1) is 11.7 Å². The molecule has 1 aromatic heterocycles. The number of carboxylic acids is 1. The van der Waals surface area contributed by atoms with E-state index in [1.54, 1.807) is 12.1 Å². The van der Waals surface area contributed by atoms with Gasteiger partial charge >= 0.3 is 5.97 Å². The highest BCUT2D eigenvalue weighted by atomic mass is 19.1. The fourth-order valence-corrected chi connectivity index (χ4v) is 3.30. The van der Waals surface area contributed by atoms with Crippen LogP contribution in [-0.4, -0.2) is 46.1 Å². The summed E-state index contributed by atoms with van der Waals surface area (Å²) in [5.41, 5.74) is 0.659. The maximum atomic E-state index is 13.6. The first-order valence-electron chi connectivity index (χ1n) is 8.36. The fraction of sp³-hybridized carbons (Fsp3) is 0.529. The van der Waals surface area contributed by atoms with Gasteiger partial charge in [-0.25, -0.2) is 4.39 Å². The number of fused-ring (bicyclic) bond motifs is 1. The first kappa shape index (κ1) is 15.4. The van der Waals surface area contributed by atoms with E-state index in [-0.39, 0.29) is 24.1 Å². The van der Waals surface area contributed by atoms with Gasteiger partial charge in [-0.3, -0.25) is 9.69 Å². The maximum absolute atomic E-state index is 13.6. The third-order valence-corrected chi connectivity index (χ3v) is 4.85. The number of rotatable bonds is 7. The lowest BCUT2D eigenvalue weighted by molar-refractivity contribution is -0.139. The number of nitrogens with zero attached hydrogens (tertiary/aromatic N) is 2. The third kappa shape index (κ3) is 3.21. The highest BCUT2D eigenvalue weighted by Crippen LogP contribution is 2.35. The molecule has 0 saturated heterocycles. The van der Waals surface area contributed by atoms with Crippen molar-refractivity contribution in [1.82, 2.24) is 9.88 Å². The van der Waals surface area contributed by atoms with Crippen LogP contribution in [0.1, 0.15) is 25.7 Å². The number of aliphatic carboxylic acids is 1. The van der Waals surface area contributed by atoms with Crippen molar-refractivity contribution in [3.8, 4) is 0 Å². The molecule has 1 aromatic carbocycles. The number of nitrogens with one attached hydrogen (secondary N) is 1. The van der Waals surface area contributed by atoms with Crippen molar-refractivity contribution in [2.75, 3.05) is 18.4 Å². The molecule has 2 aromatic rings. The van der Waals surface area contributed by atoms with Gasteiger partial charge in [0.15, 0.2) is 11.4 Å². The van der Waals surface area contributed by atoms with E-state index in [1.165, 1.54) is 18.9 Å². The summed E-state index contributed by atoms with van der Waals surface area (Å²) in [5.74, 6) is -0.509. The Hall–Kier alpha value is -2.15. The summed E-state index contributed by atoms with van der Waals surface area (Å²) < 4.78 is 19.2. The monoisotopic (exact) mass is 333 g/mol. The zero-order valence-corrected chi connectivity index (χ0v) is 13.2. The number of oxazole rings is 1. The molecule has 1 heterocycles. The summed E-state index contributed by atoms with van der Waals surface area (Å²) in [6.45, 7) is 0.972. The Labute approximate surface area is 138 Å². The van der Waals surface area contributed by atoms with Crippen LogP contribution in [0.3, 0.4) is 0 Å². The topological polar surface area (TPSA) is 78.6 Å². The average Bonchev–Trinajstić information content (AvgIpc) is 3.19. The highest BCUT2D eigenvalue weighted by Gasteiger charge is 2.37. The van der Waals surface area contributed by atoms with E-state index in [0.717, 1.165) is 19.4 Å². The van der Waals surface area contributed by atoms with E-state index in [9.17, 15) is 9.18 Å². The highest BCUT2D eigenvalue weighted by molar-refractivity contribution is 5.75. The zero-order chi connectivity index (χ0) is 16.7. The van der Waals surface area contributed by atoms with Crippen LogP contribution in [0.2, 0.25) is 0 Å². The maximum Gasteiger partial charge on any atom is 0.317 e. The fourth-order valence-electron chi connectivity index (χ4n) is 3.30. The van der Waals surface area contributed by atoms with Crippen LogP contribution in [-0.2, 0) is 4.79 Å². The molecular formula is C17H20FN3O3. The molecule has 0 amide bonds. The molecule has 24 heavy (non-hydrogen) atoms. The van der Waals surface area contributed by atoms with E-state index < -0.39 is 11.8 Å². The first-order chi connectivity index (χ1) is 11.6. The SMILES string of the molecule is O=C(O)CN(CC1CC1)C1CC(Nc2nc3c(F)cccc3o2)C1. The van der Waals surface area contributed by atoms with Crippen molar-refractivity contribution < 1.29 is 18.7 Å². The summed E-state index contributed by atoms with van der Waals surface area (Å²) in [6, 6.07) is 5.42. The van der Waals surface area contributed by atoms with Gasteiger partial charge in [-0.05, 0) is 43.7 Å². The Morgan fingerprint density at radius 1 is 1.42 bits per heavy atom. The lowest BCUT2D eigenvalue weighted by Crippen LogP contribution is -2.52. The minimum Gasteiger partial charge on any atom is -0.480 e. The molecule has 128 valence electrons. The predicted molar refractivity (Wildman–Crippen MR) is 86.3 cm³/mol. The van der Waals surface area contributed by atoms with Gasteiger partial charge in [0.25, 0.3) is 6.01 Å². The van der Waals surface area contributed by atoms with E-state index in [2.05, 4.69) is 15.2 Å². The first-order valence-corrected chi connectivity index (χ1v) is 8.36. The number of hydrogen-bond donors (Lipinski definition) is 2. The molecule has 2 fully saturated rings. The Balaban J connectivity index is 1.35. The molecule has 0 unspecified atom stereocenters. The number of halogens is 1. The van der Waals surface area contributed by atoms with Crippen LogP contribution in [0.15, 0.2) is 22.6 Å². The van der Waals surface area contributed by atoms with Crippen molar-refractivity contribution in [2.24, 2.45) is 5.92 Å². The number of carboxylic acid groups (broad SMARTS) is 1. The normalized spacial score (nSPS) is 23.4. The van der Waals surface area contributed by atoms with Gasteiger partial charge in [-0.2, -0.15) is 4.98 Å². The van der Waals surface area contributed by atoms with Gasteiger partial charge < -0.3 is 14.8 Å². The molecule has 0 spiro atoms. The van der Waals surface area contributed by atoms with Crippen molar-refractivity contribution >= 4 is 23.1 Å². The Morgan fingerprint density at radius 2 is 2.21 bits per heavy atom.